The van der Waals surface area contributed by atoms with Crippen molar-refractivity contribution in [1.82, 2.24) is 0 Å². The Hall–Kier alpha value is -1.75. The fourth-order valence-electron chi connectivity index (χ4n) is 1.07. The molecule has 0 saturated carbocycles. The third-order valence-corrected chi connectivity index (χ3v) is 2.54. The van der Waals surface area contributed by atoms with Crippen molar-refractivity contribution >= 4 is 29.3 Å². The molecule has 1 aromatic rings. The Morgan fingerprint density at radius 1 is 1.31 bits per heavy atom. The van der Waals surface area contributed by atoms with Crippen molar-refractivity contribution in [2.75, 3.05) is 11.6 Å². The minimum absolute atomic E-state index is 0.455. The second kappa shape index (κ2) is 5.97. The van der Waals surface area contributed by atoms with Gasteiger partial charge in [-0.05, 0) is 18.4 Å². The Morgan fingerprint density at radius 3 is 2.62 bits per heavy atom. The number of carbonyl (C=O) groups is 2. The highest BCUT2D eigenvalue weighted by molar-refractivity contribution is 7.98. The number of aliphatic carboxylic acids is 1. The molecule has 1 rings (SSSR count). The van der Waals surface area contributed by atoms with Gasteiger partial charge in [0.2, 0.25) is 5.91 Å². The summed E-state index contributed by atoms with van der Waals surface area (Å²) < 4.78 is 0. The molecule has 2 N–H and O–H groups in total. The van der Waals surface area contributed by atoms with E-state index in [4.69, 9.17) is 5.11 Å². The van der Waals surface area contributed by atoms with Gasteiger partial charge in [0, 0.05) is 17.0 Å². The van der Waals surface area contributed by atoms with E-state index in [1.54, 1.807) is 12.1 Å². The number of carbonyl (C=O) groups excluding carboxylic acids is 1. The van der Waals surface area contributed by atoms with E-state index in [0.717, 1.165) is 17.0 Å². The Morgan fingerprint density at radius 2 is 2.00 bits per heavy atom. The minimum atomic E-state index is -1.15. The zero-order chi connectivity index (χ0) is 12.0. The zero-order valence-corrected chi connectivity index (χ0v) is 9.45. The molecule has 0 atom stereocenters. The van der Waals surface area contributed by atoms with Crippen molar-refractivity contribution in [3.63, 3.8) is 0 Å². The van der Waals surface area contributed by atoms with Crippen LogP contribution >= 0.6 is 11.8 Å². The quantitative estimate of drug-likeness (QED) is 0.620. The number of rotatable bonds is 4. The van der Waals surface area contributed by atoms with E-state index in [2.05, 4.69) is 5.32 Å². The molecule has 0 bridgehead atoms. The lowest BCUT2D eigenvalue weighted by Gasteiger charge is -2.06. The van der Waals surface area contributed by atoms with Gasteiger partial charge < -0.3 is 10.4 Å². The third kappa shape index (κ3) is 3.78. The summed E-state index contributed by atoms with van der Waals surface area (Å²) in [6.07, 6.45) is 3.69. The van der Waals surface area contributed by atoms with E-state index in [0.29, 0.717) is 5.69 Å². The molecule has 0 saturated heterocycles. The van der Waals surface area contributed by atoms with Gasteiger partial charge >= 0.3 is 5.97 Å². The van der Waals surface area contributed by atoms with Crippen LogP contribution in [-0.4, -0.2) is 23.2 Å². The second-order valence-corrected chi connectivity index (χ2v) is 3.71. The molecule has 4 nitrogen and oxygen atoms in total. The van der Waals surface area contributed by atoms with Gasteiger partial charge in [-0.3, -0.25) is 4.79 Å². The summed E-state index contributed by atoms with van der Waals surface area (Å²) in [6, 6.07) is 7.31. The minimum Gasteiger partial charge on any atom is -0.478 e. The average Bonchev–Trinajstić information content (AvgIpc) is 2.27. The summed E-state index contributed by atoms with van der Waals surface area (Å²) in [6.45, 7) is 0. The molecule has 5 heteroatoms. The van der Waals surface area contributed by atoms with E-state index in [1.807, 2.05) is 18.4 Å². The van der Waals surface area contributed by atoms with Crippen LogP contribution in [0.5, 0.6) is 0 Å². The second-order valence-electron chi connectivity index (χ2n) is 2.86. The van der Waals surface area contributed by atoms with Crippen molar-refractivity contribution in [3.8, 4) is 0 Å². The lowest BCUT2D eigenvalue weighted by Crippen LogP contribution is -2.09. The molecule has 0 heterocycles. The molecule has 0 aliphatic heterocycles. The summed E-state index contributed by atoms with van der Waals surface area (Å²) in [5, 5.41) is 11.0. The number of para-hydroxylation sites is 1. The molecule has 0 aliphatic carbocycles. The van der Waals surface area contributed by atoms with Gasteiger partial charge in [0.15, 0.2) is 0 Å². The first-order valence-electron chi connectivity index (χ1n) is 4.48. The lowest BCUT2D eigenvalue weighted by molar-refractivity contribution is -0.131. The Bertz CT molecular complexity index is 429. The number of anilines is 1. The number of carboxylic acid groups (broad SMARTS) is 1. The van der Waals surface area contributed by atoms with Crippen LogP contribution in [0.4, 0.5) is 5.69 Å². The fourth-order valence-corrected chi connectivity index (χ4v) is 1.62. The summed E-state index contributed by atoms with van der Waals surface area (Å²) >= 11 is 1.51. The number of benzene rings is 1. The number of hydrogen-bond acceptors (Lipinski definition) is 3. The highest BCUT2D eigenvalue weighted by Gasteiger charge is 2.03. The van der Waals surface area contributed by atoms with E-state index >= 15 is 0 Å². The first kappa shape index (κ1) is 12.3. The van der Waals surface area contributed by atoms with Crippen molar-refractivity contribution in [2.45, 2.75) is 4.90 Å². The number of thioether (sulfide) groups is 1. The van der Waals surface area contributed by atoms with Crippen LogP contribution in [0.2, 0.25) is 0 Å². The van der Waals surface area contributed by atoms with Crippen molar-refractivity contribution in [1.29, 1.82) is 0 Å². The van der Waals surface area contributed by atoms with E-state index < -0.39 is 11.9 Å². The average molecular weight is 237 g/mol. The van der Waals surface area contributed by atoms with E-state index in [-0.39, 0.29) is 0 Å². The zero-order valence-electron chi connectivity index (χ0n) is 8.64. The van der Waals surface area contributed by atoms with Crippen LogP contribution in [0.1, 0.15) is 0 Å². The summed E-state index contributed by atoms with van der Waals surface area (Å²) in [4.78, 5) is 22.5. The molecule has 0 aromatic heterocycles. The Kier molecular flexibility index (Phi) is 4.60. The Balaban J connectivity index is 2.73. The maximum atomic E-state index is 11.3. The van der Waals surface area contributed by atoms with Gasteiger partial charge in [-0.2, -0.15) is 0 Å². The standard InChI is InChI=1S/C11H11NO3S/c1-16-9-5-3-2-4-8(9)12-10(13)6-7-11(14)15/h2-7H,1H3,(H,12,13)(H,14,15)/b7-6-. The number of nitrogens with one attached hydrogen (secondary N) is 1. The van der Waals surface area contributed by atoms with Crippen LogP contribution in [0.3, 0.4) is 0 Å². The predicted octanol–water partition coefficient (Wildman–Crippen LogP) is 1.99. The highest BCUT2D eigenvalue weighted by Crippen LogP contribution is 2.24. The topological polar surface area (TPSA) is 66.4 Å². The number of carboxylic acids is 1. The van der Waals surface area contributed by atoms with Crippen molar-refractivity contribution < 1.29 is 14.7 Å². The van der Waals surface area contributed by atoms with Gasteiger partial charge in [0.25, 0.3) is 0 Å². The molecule has 1 amide bonds. The summed E-state index contributed by atoms with van der Waals surface area (Å²) in [5.41, 5.74) is 0.676. The lowest BCUT2D eigenvalue weighted by atomic mass is 10.3. The SMILES string of the molecule is CSc1ccccc1NC(=O)/C=C\C(=O)O. The monoisotopic (exact) mass is 237 g/mol. The van der Waals surface area contributed by atoms with Gasteiger partial charge in [0.05, 0.1) is 5.69 Å². The maximum absolute atomic E-state index is 11.3. The molecule has 84 valence electrons. The molecule has 0 radical (unpaired) electrons. The van der Waals surface area contributed by atoms with Crippen molar-refractivity contribution in [2.24, 2.45) is 0 Å². The largest absolute Gasteiger partial charge is 0.478 e. The van der Waals surface area contributed by atoms with Crippen LogP contribution in [0.15, 0.2) is 41.3 Å². The van der Waals surface area contributed by atoms with E-state index in [9.17, 15) is 9.59 Å². The van der Waals surface area contributed by atoms with Gasteiger partial charge in [-0.1, -0.05) is 12.1 Å². The van der Waals surface area contributed by atoms with Crippen LogP contribution in [0, 0.1) is 0 Å². The number of hydrogen-bond donors (Lipinski definition) is 2. The normalized spacial score (nSPS) is 10.3. The van der Waals surface area contributed by atoms with Gasteiger partial charge in [0.1, 0.15) is 0 Å². The van der Waals surface area contributed by atoms with E-state index in [1.165, 1.54) is 11.8 Å². The fraction of sp³-hybridized carbons (Fsp3) is 0.0909. The molecule has 0 spiro atoms. The first-order valence-corrected chi connectivity index (χ1v) is 5.71. The first-order chi connectivity index (χ1) is 7.63. The van der Waals surface area contributed by atoms with Crippen LogP contribution in [-0.2, 0) is 9.59 Å². The molecule has 16 heavy (non-hydrogen) atoms. The summed E-state index contributed by atoms with van der Waals surface area (Å²) in [5.74, 6) is -1.60. The molecule has 0 fully saturated rings. The molecule has 1 aromatic carbocycles. The molecule has 0 aliphatic rings. The predicted molar refractivity (Wildman–Crippen MR) is 63.6 cm³/mol. The molecular formula is C11H11NO3S. The van der Waals surface area contributed by atoms with Gasteiger partial charge in [-0.25, -0.2) is 4.79 Å². The molecular weight excluding hydrogens is 226 g/mol. The van der Waals surface area contributed by atoms with Crippen molar-refractivity contribution in [3.05, 3.63) is 36.4 Å². The highest BCUT2D eigenvalue weighted by atomic mass is 32.2. The molecule has 0 unspecified atom stereocenters. The number of amides is 1. The smallest absolute Gasteiger partial charge is 0.328 e. The van der Waals surface area contributed by atoms with Gasteiger partial charge in [-0.15, -0.1) is 11.8 Å². The van der Waals surface area contributed by atoms with Crippen LogP contribution in [0.25, 0.3) is 0 Å². The van der Waals surface area contributed by atoms with Crippen LogP contribution < -0.4 is 5.32 Å². The summed E-state index contributed by atoms with van der Waals surface area (Å²) in [7, 11) is 0. The maximum Gasteiger partial charge on any atom is 0.328 e. The third-order valence-electron chi connectivity index (χ3n) is 1.74. The Labute approximate surface area is 97.4 Å².